The van der Waals surface area contributed by atoms with Gasteiger partial charge in [0.1, 0.15) is 11.6 Å². The monoisotopic (exact) mass is 694 g/mol. The highest BCUT2D eigenvalue weighted by molar-refractivity contribution is 6.07. The Morgan fingerprint density at radius 1 is 0.796 bits per heavy atom. The largest absolute Gasteiger partial charge is 0.417 e. The zero-order valence-corrected chi connectivity index (χ0v) is 28.7. The number of amides is 2. The van der Waals surface area contributed by atoms with E-state index in [-0.39, 0.29) is 34.9 Å². The number of carbonyl (C=O) groups is 2. The van der Waals surface area contributed by atoms with Gasteiger partial charge in [-0.05, 0) is 83.0 Å². The summed E-state index contributed by atoms with van der Waals surface area (Å²) >= 11 is 0. The molecule has 1 saturated heterocycles. The minimum Gasteiger partial charge on any atom is -0.367 e. The smallest absolute Gasteiger partial charge is 0.367 e. The summed E-state index contributed by atoms with van der Waals surface area (Å²) in [5.74, 6) is -7.44. The second-order valence-electron chi connectivity index (χ2n) is 14.6. The molecule has 49 heavy (non-hydrogen) atoms. The maximum atomic E-state index is 15.9. The quantitative estimate of drug-likeness (QED) is 0.243. The standard InChI is InChI=1S/C36H41F7N4O2/c1-19-16-47(17-20(2)46(19)8)29-15-27(38)25(14-28(29)44-32(48)23-10-9-21(37)13-26(23)36(41,42)43)22-11-12-24(31(40)30(22)39)33(49)45-35(6,7)18-34(3,4)5/h9-15,19-20H,16-18H2,1-8H3,(H,44,48)(H,45,49). The minimum atomic E-state index is -5.08. The van der Waals surface area contributed by atoms with Crippen molar-refractivity contribution in [1.82, 2.24) is 10.2 Å². The Hall–Kier alpha value is -4.13. The molecule has 2 amide bonds. The van der Waals surface area contributed by atoms with Crippen molar-refractivity contribution in [3.63, 3.8) is 0 Å². The summed E-state index contributed by atoms with van der Waals surface area (Å²) in [6, 6.07) is 5.51. The molecule has 266 valence electrons. The molecule has 0 aliphatic carbocycles. The van der Waals surface area contributed by atoms with Crippen LogP contribution in [0.15, 0.2) is 42.5 Å². The molecule has 3 aromatic rings. The topological polar surface area (TPSA) is 64.7 Å². The van der Waals surface area contributed by atoms with Crippen LogP contribution in [-0.4, -0.2) is 54.5 Å². The molecule has 13 heteroatoms. The van der Waals surface area contributed by atoms with Gasteiger partial charge in [0.25, 0.3) is 11.8 Å². The number of alkyl halides is 3. The van der Waals surface area contributed by atoms with E-state index in [1.807, 2.05) is 41.7 Å². The fourth-order valence-corrected chi connectivity index (χ4v) is 6.55. The fraction of sp³-hybridized carbons (Fsp3) is 0.444. The number of benzene rings is 3. The lowest BCUT2D eigenvalue weighted by Crippen LogP contribution is -2.55. The molecule has 6 nitrogen and oxygen atoms in total. The molecule has 1 fully saturated rings. The minimum absolute atomic E-state index is 0.0532. The van der Waals surface area contributed by atoms with Gasteiger partial charge in [-0.15, -0.1) is 0 Å². The number of hydrogen-bond donors (Lipinski definition) is 2. The number of likely N-dealkylation sites (N-methyl/N-ethyl adjacent to an activating group) is 1. The lowest BCUT2D eigenvalue weighted by atomic mass is 9.81. The van der Waals surface area contributed by atoms with Gasteiger partial charge >= 0.3 is 6.18 Å². The Kier molecular flexibility index (Phi) is 10.5. The Balaban J connectivity index is 1.80. The first kappa shape index (κ1) is 37.7. The van der Waals surface area contributed by atoms with Crippen molar-refractivity contribution in [1.29, 1.82) is 0 Å². The second kappa shape index (κ2) is 13.6. The van der Waals surface area contributed by atoms with Crippen LogP contribution < -0.4 is 15.5 Å². The van der Waals surface area contributed by atoms with Crippen LogP contribution in [0, 0.1) is 28.7 Å². The first-order chi connectivity index (χ1) is 22.5. The third-order valence-corrected chi connectivity index (χ3v) is 8.61. The molecule has 3 aromatic carbocycles. The summed E-state index contributed by atoms with van der Waals surface area (Å²) in [5, 5.41) is 5.09. The Morgan fingerprint density at radius 2 is 1.39 bits per heavy atom. The van der Waals surface area contributed by atoms with Crippen molar-refractivity contribution in [2.75, 3.05) is 30.4 Å². The van der Waals surface area contributed by atoms with Crippen LogP contribution in [0.25, 0.3) is 11.1 Å². The molecule has 0 aromatic heterocycles. The molecular formula is C36H41F7N4O2. The maximum Gasteiger partial charge on any atom is 0.417 e. The van der Waals surface area contributed by atoms with Crippen LogP contribution in [0.5, 0.6) is 0 Å². The highest BCUT2D eigenvalue weighted by Gasteiger charge is 2.37. The lowest BCUT2D eigenvalue weighted by molar-refractivity contribution is -0.138. The SMILES string of the molecule is CC1CN(c2cc(F)c(-c3ccc(C(=O)NC(C)(C)CC(C)(C)C)c(F)c3F)cc2NC(=O)c2ccc(F)cc2C(F)(F)F)CC(C)N1C. The summed E-state index contributed by atoms with van der Waals surface area (Å²) in [6.07, 6.45) is -4.56. The molecule has 2 unspecified atom stereocenters. The molecular weight excluding hydrogens is 653 g/mol. The zero-order chi connectivity index (χ0) is 36.8. The highest BCUT2D eigenvalue weighted by Crippen LogP contribution is 2.39. The van der Waals surface area contributed by atoms with E-state index >= 15 is 13.2 Å². The summed E-state index contributed by atoms with van der Waals surface area (Å²) in [4.78, 5) is 30.2. The number of piperazine rings is 1. The average Bonchev–Trinajstić information content (AvgIpc) is 2.95. The number of halogens is 7. The van der Waals surface area contributed by atoms with E-state index in [0.717, 1.165) is 24.3 Å². The van der Waals surface area contributed by atoms with Crippen molar-refractivity contribution < 1.29 is 40.3 Å². The molecule has 2 N–H and O–H groups in total. The summed E-state index contributed by atoms with van der Waals surface area (Å²) in [6.45, 7) is 13.9. The molecule has 0 bridgehead atoms. The van der Waals surface area contributed by atoms with E-state index < -0.39 is 74.6 Å². The van der Waals surface area contributed by atoms with Crippen LogP contribution in [0.2, 0.25) is 0 Å². The highest BCUT2D eigenvalue weighted by atomic mass is 19.4. The number of nitrogens with zero attached hydrogens (tertiary/aromatic N) is 2. The Morgan fingerprint density at radius 3 is 1.96 bits per heavy atom. The number of carbonyl (C=O) groups excluding carboxylic acids is 2. The van der Waals surface area contributed by atoms with Gasteiger partial charge in [0.15, 0.2) is 11.6 Å². The number of rotatable bonds is 7. The van der Waals surface area contributed by atoms with E-state index in [1.54, 1.807) is 18.7 Å². The van der Waals surface area contributed by atoms with Crippen molar-refractivity contribution in [3.8, 4) is 11.1 Å². The van der Waals surface area contributed by atoms with Crippen molar-refractivity contribution in [2.45, 2.75) is 78.7 Å². The van der Waals surface area contributed by atoms with Gasteiger partial charge in [-0.3, -0.25) is 14.5 Å². The first-order valence-electron chi connectivity index (χ1n) is 15.8. The normalized spacial score (nSPS) is 17.7. The predicted molar refractivity (Wildman–Crippen MR) is 176 cm³/mol. The third-order valence-electron chi connectivity index (χ3n) is 8.61. The third kappa shape index (κ3) is 8.55. The van der Waals surface area contributed by atoms with Gasteiger partial charge in [0.2, 0.25) is 0 Å². The molecule has 0 radical (unpaired) electrons. The molecule has 2 atom stereocenters. The summed E-state index contributed by atoms with van der Waals surface area (Å²) < 4.78 is 102. The second-order valence-corrected chi connectivity index (χ2v) is 14.6. The van der Waals surface area contributed by atoms with Gasteiger partial charge in [0.05, 0.1) is 28.1 Å². The molecule has 0 saturated carbocycles. The number of anilines is 2. The predicted octanol–water partition coefficient (Wildman–Crippen LogP) is 8.65. The van der Waals surface area contributed by atoms with Crippen molar-refractivity contribution in [3.05, 3.63) is 82.4 Å². The number of nitrogens with one attached hydrogen (secondary N) is 2. The van der Waals surface area contributed by atoms with E-state index in [1.165, 1.54) is 0 Å². The van der Waals surface area contributed by atoms with Crippen molar-refractivity contribution >= 4 is 23.2 Å². The van der Waals surface area contributed by atoms with Crippen LogP contribution in [0.3, 0.4) is 0 Å². The average molecular weight is 695 g/mol. The van der Waals surface area contributed by atoms with E-state index in [4.69, 9.17) is 0 Å². The van der Waals surface area contributed by atoms with E-state index in [9.17, 15) is 27.2 Å². The van der Waals surface area contributed by atoms with Gasteiger partial charge in [0, 0.05) is 41.8 Å². The van der Waals surface area contributed by atoms with Gasteiger partial charge < -0.3 is 15.5 Å². The van der Waals surface area contributed by atoms with Gasteiger partial charge in [-0.2, -0.15) is 13.2 Å². The summed E-state index contributed by atoms with van der Waals surface area (Å²) in [7, 11) is 1.90. The lowest BCUT2D eigenvalue weighted by Gasteiger charge is -2.44. The fourth-order valence-electron chi connectivity index (χ4n) is 6.55. The van der Waals surface area contributed by atoms with Crippen LogP contribution >= 0.6 is 0 Å². The first-order valence-corrected chi connectivity index (χ1v) is 15.8. The Labute approximate surface area is 281 Å². The van der Waals surface area contributed by atoms with Gasteiger partial charge in [-0.25, -0.2) is 17.6 Å². The summed E-state index contributed by atoms with van der Waals surface area (Å²) in [5.41, 5.74) is -5.18. The van der Waals surface area contributed by atoms with Crippen LogP contribution in [0.4, 0.5) is 42.1 Å². The van der Waals surface area contributed by atoms with Crippen LogP contribution in [-0.2, 0) is 6.18 Å². The Bertz CT molecular complexity index is 1740. The maximum absolute atomic E-state index is 15.9. The molecule has 4 rings (SSSR count). The van der Waals surface area contributed by atoms with E-state index in [2.05, 4.69) is 15.5 Å². The van der Waals surface area contributed by atoms with Gasteiger partial charge in [-0.1, -0.05) is 26.8 Å². The number of hydrogen-bond acceptors (Lipinski definition) is 4. The zero-order valence-electron chi connectivity index (χ0n) is 28.7. The van der Waals surface area contributed by atoms with Crippen LogP contribution in [0.1, 0.15) is 81.2 Å². The molecule has 1 heterocycles. The van der Waals surface area contributed by atoms with E-state index in [0.29, 0.717) is 31.6 Å². The molecule has 0 spiro atoms. The van der Waals surface area contributed by atoms with Crippen molar-refractivity contribution in [2.24, 2.45) is 5.41 Å². The molecule has 1 aliphatic rings. The molecule has 1 aliphatic heterocycles.